The molecule has 0 aromatic carbocycles. The second kappa shape index (κ2) is 6.68. The van der Waals surface area contributed by atoms with Crippen molar-refractivity contribution in [2.24, 2.45) is 17.1 Å². The Balaban J connectivity index is 2.14. The van der Waals surface area contributed by atoms with E-state index >= 15 is 0 Å². The number of aromatic nitrogens is 1. The van der Waals surface area contributed by atoms with Gasteiger partial charge in [0, 0.05) is 29.9 Å². The number of aliphatic hydroxyl groups excluding tert-OH is 1. The van der Waals surface area contributed by atoms with Crippen LogP contribution in [0.25, 0.3) is 0 Å². The lowest BCUT2D eigenvalue weighted by molar-refractivity contribution is -0.0114. The van der Waals surface area contributed by atoms with Crippen LogP contribution < -0.4 is 5.73 Å². The fourth-order valence-electron chi connectivity index (χ4n) is 3.63. The molecule has 1 unspecified atom stereocenters. The number of nitrogens with zero attached hydrogens (tertiary/aromatic N) is 1. The van der Waals surface area contributed by atoms with Gasteiger partial charge in [-0.2, -0.15) is 0 Å². The standard InChI is InChI=1S/C17H28N2O/c1-3-4-14-5-8-17(12-18,9-6-14)16(20)15-11-19-10-7-13(15)2/h7,10-11,14,16,20H,3-6,8-9,12,18H2,1-2H3. The lowest BCUT2D eigenvalue weighted by atomic mass is 9.65. The highest BCUT2D eigenvalue weighted by atomic mass is 16.3. The first-order valence-corrected chi connectivity index (χ1v) is 7.91. The molecule has 3 N–H and O–H groups in total. The first-order valence-electron chi connectivity index (χ1n) is 7.91. The van der Waals surface area contributed by atoms with E-state index in [1.165, 1.54) is 25.7 Å². The third kappa shape index (κ3) is 3.04. The van der Waals surface area contributed by atoms with Gasteiger partial charge in [-0.3, -0.25) is 4.98 Å². The topological polar surface area (TPSA) is 59.1 Å². The summed E-state index contributed by atoms with van der Waals surface area (Å²) >= 11 is 0. The zero-order valence-electron chi connectivity index (χ0n) is 12.8. The summed E-state index contributed by atoms with van der Waals surface area (Å²) in [5.41, 5.74) is 7.97. The summed E-state index contributed by atoms with van der Waals surface area (Å²) in [5, 5.41) is 10.9. The molecule has 1 aromatic rings. The van der Waals surface area contributed by atoms with Crippen LogP contribution in [0.15, 0.2) is 18.5 Å². The Hall–Kier alpha value is -0.930. The maximum absolute atomic E-state index is 10.9. The summed E-state index contributed by atoms with van der Waals surface area (Å²) < 4.78 is 0. The van der Waals surface area contributed by atoms with Gasteiger partial charge >= 0.3 is 0 Å². The van der Waals surface area contributed by atoms with Crippen LogP contribution in [0, 0.1) is 18.3 Å². The fourth-order valence-corrected chi connectivity index (χ4v) is 3.63. The molecule has 3 nitrogen and oxygen atoms in total. The van der Waals surface area contributed by atoms with Crippen molar-refractivity contribution in [1.29, 1.82) is 0 Å². The van der Waals surface area contributed by atoms with Crippen molar-refractivity contribution in [3.63, 3.8) is 0 Å². The number of hydrogen-bond donors (Lipinski definition) is 2. The van der Waals surface area contributed by atoms with E-state index in [1.54, 1.807) is 12.4 Å². The van der Waals surface area contributed by atoms with Crippen LogP contribution in [0.2, 0.25) is 0 Å². The smallest absolute Gasteiger partial charge is 0.0875 e. The summed E-state index contributed by atoms with van der Waals surface area (Å²) in [5.74, 6) is 0.821. The van der Waals surface area contributed by atoms with Gasteiger partial charge in [-0.1, -0.05) is 19.8 Å². The van der Waals surface area contributed by atoms with Crippen molar-refractivity contribution in [3.05, 3.63) is 29.6 Å². The molecule has 20 heavy (non-hydrogen) atoms. The fraction of sp³-hybridized carbons (Fsp3) is 0.706. The Morgan fingerprint density at radius 1 is 1.45 bits per heavy atom. The van der Waals surface area contributed by atoms with Crippen molar-refractivity contribution in [2.45, 2.75) is 58.5 Å². The number of pyridine rings is 1. The van der Waals surface area contributed by atoms with E-state index in [0.29, 0.717) is 6.54 Å². The highest BCUT2D eigenvalue weighted by Crippen LogP contribution is 2.48. The average molecular weight is 276 g/mol. The minimum Gasteiger partial charge on any atom is -0.388 e. The van der Waals surface area contributed by atoms with Crippen LogP contribution in [0.5, 0.6) is 0 Å². The first-order chi connectivity index (χ1) is 9.63. The van der Waals surface area contributed by atoms with Crippen molar-refractivity contribution in [3.8, 4) is 0 Å². The largest absolute Gasteiger partial charge is 0.388 e. The molecule has 1 aliphatic carbocycles. The number of rotatable bonds is 5. The summed E-state index contributed by atoms with van der Waals surface area (Å²) in [6.45, 7) is 4.84. The van der Waals surface area contributed by atoms with Gasteiger partial charge in [0.1, 0.15) is 0 Å². The molecule has 0 aliphatic heterocycles. The Kier molecular flexibility index (Phi) is 5.17. The zero-order chi connectivity index (χ0) is 14.6. The Morgan fingerprint density at radius 2 is 2.15 bits per heavy atom. The van der Waals surface area contributed by atoms with Gasteiger partial charge in [-0.15, -0.1) is 0 Å². The van der Waals surface area contributed by atoms with E-state index in [4.69, 9.17) is 5.73 Å². The van der Waals surface area contributed by atoms with Crippen molar-refractivity contribution >= 4 is 0 Å². The third-order valence-electron chi connectivity index (χ3n) is 5.16. The molecule has 3 heteroatoms. The zero-order valence-corrected chi connectivity index (χ0v) is 12.8. The molecule has 112 valence electrons. The van der Waals surface area contributed by atoms with Crippen molar-refractivity contribution < 1.29 is 5.11 Å². The maximum Gasteiger partial charge on any atom is 0.0875 e. The van der Waals surface area contributed by atoms with Crippen molar-refractivity contribution in [1.82, 2.24) is 4.98 Å². The van der Waals surface area contributed by atoms with Crippen LogP contribution in [-0.2, 0) is 0 Å². The molecule has 1 aliphatic rings. The summed E-state index contributed by atoms with van der Waals surface area (Å²) in [6.07, 6.45) is 10.1. The minimum atomic E-state index is -0.483. The monoisotopic (exact) mass is 276 g/mol. The molecule has 1 atom stereocenters. The van der Waals surface area contributed by atoms with Gasteiger partial charge in [0.15, 0.2) is 0 Å². The molecule has 1 fully saturated rings. The van der Waals surface area contributed by atoms with Gasteiger partial charge < -0.3 is 10.8 Å². The molecule has 0 radical (unpaired) electrons. The second-order valence-corrected chi connectivity index (χ2v) is 6.43. The van der Waals surface area contributed by atoms with Crippen molar-refractivity contribution in [2.75, 3.05) is 6.54 Å². The lowest BCUT2D eigenvalue weighted by Gasteiger charge is -2.43. The quantitative estimate of drug-likeness (QED) is 0.867. The minimum absolute atomic E-state index is 0.155. The summed E-state index contributed by atoms with van der Waals surface area (Å²) in [4.78, 5) is 4.17. The summed E-state index contributed by atoms with van der Waals surface area (Å²) in [6, 6.07) is 1.96. The molecule has 0 amide bonds. The molecular formula is C17H28N2O. The number of hydrogen-bond acceptors (Lipinski definition) is 3. The van der Waals surface area contributed by atoms with Crippen LogP contribution in [0.1, 0.15) is 62.7 Å². The second-order valence-electron chi connectivity index (χ2n) is 6.43. The molecule has 0 saturated heterocycles. The SMILES string of the molecule is CCCC1CCC(CN)(C(O)c2cnccc2C)CC1. The molecule has 1 saturated carbocycles. The van der Waals surface area contributed by atoms with E-state index in [0.717, 1.165) is 29.9 Å². The normalized spacial score (nSPS) is 28.3. The highest BCUT2D eigenvalue weighted by molar-refractivity contribution is 5.26. The number of aryl methyl sites for hydroxylation is 1. The Morgan fingerprint density at radius 3 is 2.70 bits per heavy atom. The Labute approximate surface area is 122 Å². The van der Waals surface area contributed by atoms with E-state index in [1.807, 2.05) is 13.0 Å². The summed E-state index contributed by atoms with van der Waals surface area (Å²) in [7, 11) is 0. The number of aliphatic hydroxyl groups is 1. The van der Waals surface area contributed by atoms with Crippen LogP contribution in [-0.4, -0.2) is 16.6 Å². The van der Waals surface area contributed by atoms with E-state index in [9.17, 15) is 5.11 Å². The molecule has 1 heterocycles. The third-order valence-corrected chi connectivity index (χ3v) is 5.16. The average Bonchev–Trinajstić information content (AvgIpc) is 2.48. The van der Waals surface area contributed by atoms with Gasteiger partial charge in [0.25, 0.3) is 0 Å². The van der Waals surface area contributed by atoms with Gasteiger partial charge in [0.05, 0.1) is 6.10 Å². The van der Waals surface area contributed by atoms with E-state index in [2.05, 4.69) is 11.9 Å². The van der Waals surface area contributed by atoms with Crippen LogP contribution in [0.4, 0.5) is 0 Å². The Bertz CT molecular complexity index is 425. The van der Waals surface area contributed by atoms with Gasteiger partial charge in [0.2, 0.25) is 0 Å². The maximum atomic E-state index is 10.9. The molecule has 0 bridgehead atoms. The number of nitrogens with two attached hydrogens (primary N) is 1. The lowest BCUT2D eigenvalue weighted by Crippen LogP contribution is -2.40. The molecule has 2 rings (SSSR count). The van der Waals surface area contributed by atoms with E-state index < -0.39 is 6.10 Å². The highest BCUT2D eigenvalue weighted by Gasteiger charge is 2.41. The first kappa shape index (κ1) is 15.5. The molecule has 1 aromatic heterocycles. The molecule has 0 spiro atoms. The van der Waals surface area contributed by atoms with E-state index in [-0.39, 0.29) is 5.41 Å². The molecular weight excluding hydrogens is 248 g/mol. The predicted molar refractivity (Wildman–Crippen MR) is 82.3 cm³/mol. The van der Waals surface area contributed by atoms with Gasteiger partial charge in [-0.25, -0.2) is 0 Å². The van der Waals surface area contributed by atoms with Crippen LogP contribution >= 0.6 is 0 Å². The predicted octanol–water partition coefficient (Wildman–Crippen LogP) is 3.36. The van der Waals surface area contributed by atoms with Gasteiger partial charge in [-0.05, 0) is 50.2 Å². The van der Waals surface area contributed by atoms with Crippen LogP contribution in [0.3, 0.4) is 0 Å².